The van der Waals surface area contributed by atoms with Gasteiger partial charge in [-0.1, -0.05) is 36.3 Å². The van der Waals surface area contributed by atoms with Crippen LogP contribution < -0.4 is 37.7 Å². The second kappa shape index (κ2) is 17.5. The normalized spacial score (nSPS) is 10.1. The predicted molar refractivity (Wildman–Crippen MR) is 72.8 cm³/mol. The van der Waals surface area contributed by atoms with Gasteiger partial charge >= 0.3 is 37.7 Å². The standard InChI is InChI=1S/C14H18O3.C2.2Li/c1-4-13(10-14(15-2)16-3)17-11-12-8-6-5-7-9-12;1-2;;/h1,5-9,13-14H,10-11H2,2-3H3;;;/q;-2;2*+1/t13-;;;/m0.../s1. The largest absolute Gasteiger partial charge is 1.00 e. The molecular weight excluding hydrogens is 254 g/mol. The van der Waals surface area contributed by atoms with Crippen molar-refractivity contribution in [1.82, 2.24) is 0 Å². The van der Waals surface area contributed by atoms with Crippen LogP contribution in [0.4, 0.5) is 0 Å². The van der Waals surface area contributed by atoms with E-state index in [-0.39, 0.29) is 50.1 Å². The molecule has 0 saturated carbocycles. The summed E-state index contributed by atoms with van der Waals surface area (Å²) in [5.74, 6) is 2.59. The molecule has 0 amide bonds. The van der Waals surface area contributed by atoms with E-state index < -0.39 is 0 Å². The molecule has 0 aliphatic heterocycles. The number of terminal acetylenes is 1. The van der Waals surface area contributed by atoms with Crippen molar-refractivity contribution in [2.45, 2.75) is 25.4 Å². The summed E-state index contributed by atoms with van der Waals surface area (Å²) < 4.78 is 15.8. The van der Waals surface area contributed by atoms with E-state index in [0.717, 1.165) is 5.56 Å². The van der Waals surface area contributed by atoms with Crippen LogP contribution in [0.2, 0.25) is 0 Å². The molecule has 1 rings (SSSR count). The summed E-state index contributed by atoms with van der Waals surface area (Å²) in [5, 5.41) is 0. The van der Waals surface area contributed by atoms with Gasteiger partial charge in [0.2, 0.25) is 0 Å². The minimum absolute atomic E-state index is 0. The molecule has 0 fully saturated rings. The summed E-state index contributed by atoms with van der Waals surface area (Å²) in [6, 6.07) is 9.90. The molecule has 0 N–H and O–H groups in total. The Labute approximate surface area is 152 Å². The molecule has 0 bridgehead atoms. The SMILES string of the molecule is C#C[C@@H](CC(OC)OC)OCc1ccccc1.[C-]#[C-].[Li+].[Li+]. The fraction of sp³-hybridized carbons (Fsp3) is 0.375. The van der Waals surface area contributed by atoms with Crippen LogP contribution in [0.15, 0.2) is 30.3 Å². The van der Waals surface area contributed by atoms with Crippen LogP contribution in [0.5, 0.6) is 0 Å². The van der Waals surface area contributed by atoms with Crippen LogP contribution in [-0.4, -0.2) is 26.6 Å². The van der Waals surface area contributed by atoms with E-state index in [1.54, 1.807) is 14.2 Å². The zero-order valence-electron chi connectivity index (χ0n) is 13.3. The van der Waals surface area contributed by atoms with E-state index in [2.05, 4.69) is 5.92 Å². The zero-order valence-corrected chi connectivity index (χ0v) is 13.3. The van der Waals surface area contributed by atoms with Crippen LogP contribution in [0.25, 0.3) is 0 Å². The molecule has 0 unspecified atom stereocenters. The molecule has 0 heterocycles. The summed E-state index contributed by atoms with van der Waals surface area (Å²) in [7, 11) is 3.16. The molecule has 0 spiro atoms. The summed E-state index contributed by atoms with van der Waals surface area (Å²) in [6.07, 6.45) is 15.3. The fourth-order valence-corrected chi connectivity index (χ4v) is 1.42. The first-order valence-corrected chi connectivity index (χ1v) is 5.72. The molecule has 21 heavy (non-hydrogen) atoms. The van der Waals surface area contributed by atoms with Crippen molar-refractivity contribution in [2.75, 3.05) is 14.2 Å². The molecule has 5 heteroatoms. The summed E-state index contributed by atoms with van der Waals surface area (Å²) >= 11 is 0. The van der Waals surface area contributed by atoms with Crippen LogP contribution in [0.3, 0.4) is 0 Å². The third-order valence-electron chi connectivity index (χ3n) is 2.41. The van der Waals surface area contributed by atoms with Crippen molar-refractivity contribution in [1.29, 1.82) is 0 Å². The first-order chi connectivity index (χ1) is 9.30. The average Bonchev–Trinajstić information content (AvgIpc) is 2.51. The van der Waals surface area contributed by atoms with E-state index in [4.69, 9.17) is 33.5 Å². The Balaban J connectivity index is -0.000000774. The van der Waals surface area contributed by atoms with E-state index in [0.29, 0.717) is 13.0 Å². The van der Waals surface area contributed by atoms with Crippen molar-refractivity contribution in [3.8, 4) is 12.3 Å². The van der Waals surface area contributed by atoms with Gasteiger partial charge in [-0.15, -0.1) is 6.42 Å². The Morgan fingerprint density at radius 2 is 1.62 bits per heavy atom. The zero-order chi connectivity index (χ0) is 14.5. The molecule has 1 aromatic rings. The van der Waals surface area contributed by atoms with Gasteiger partial charge in [0, 0.05) is 20.6 Å². The van der Waals surface area contributed by atoms with E-state index in [1.807, 2.05) is 30.3 Å². The first-order valence-electron chi connectivity index (χ1n) is 5.72. The molecule has 0 saturated heterocycles. The second-order valence-electron chi connectivity index (χ2n) is 3.59. The minimum Gasteiger partial charge on any atom is -1.00 e. The molecule has 102 valence electrons. The van der Waals surface area contributed by atoms with E-state index in [1.165, 1.54) is 0 Å². The Kier molecular flexibility index (Phi) is 21.1. The topological polar surface area (TPSA) is 27.7 Å². The maximum Gasteiger partial charge on any atom is 1.00 e. The van der Waals surface area contributed by atoms with Gasteiger partial charge in [-0.25, -0.2) is 0 Å². The number of hydrogen-bond donors (Lipinski definition) is 0. The monoisotopic (exact) mass is 272 g/mol. The number of hydrogen-bond acceptors (Lipinski definition) is 3. The van der Waals surface area contributed by atoms with Crippen molar-refractivity contribution < 1.29 is 51.9 Å². The first kappa shape index (κ1) is 25.4. The molecule has 3 nitrogen and oxygen atoms in total. The van der Waals surface area contributed by atoms with Crippen molar-refractivity contribution in [3.05, 3.63) is 48.7 Å². The molecular formula is C16H18Li2O3. The Morgan fingerprint density at radius 3 is 2.05 bits per heavy atom. The van der Waals surface area contributed by atoms with Crippen LogP contribution in [0.1, 0.15) is 12.0 Å². The van der Waals surface area contributed by atoms with Gasteiger partial charge in [0.1, 0.15) is 6.10 Å². The number of methoxy groups -OCH3 is 2. The van der Waals surface area contributed by atoms with Crippen LogP contribution in [-0.2, 0) is 20.8 Å². The second-order valence-corrected chi connectivity index (χ2v) is 3.59. The van der Waals surface area contributed by atoms with Gasteiger partial charge < -0.3 is 27.1 Å². The number of ether oxygens (including phenoxy) is 3. The smallest absolute Gasteiger partial charge is 1.00 e. The maximum absolute atomic E-state index is 5.62. The third kappa shape index (κ3) is 11.7. The molecule has 0 aliphatic carbocycles. The average molecular weight is 272 g/mol. The Hall–Kier alpha value is -0.585. The van der Waals surface area contributed by atoms with E-state index in [9.17, 15) is 0 Å². The Bertz CT molecular complexity index is 384. The molecule has 0 aliphatic rings. The number of benzene rings is 1. The third-order valence-corrected chi connectivity index (χ3v) is 2.41. The molecule has 0 aromatic heterocycles. The maximum atomic E-state index is 5.62. The Morgan fingerprint density at radius 1 is 1.10 bits per heavy atom. The van der Waals surface area contributed by atoms with Gasteiger partial charge in [-0.2, -0.15) is 0 Å². The van der Waals surface area contributed by atoms with E-state index >= 15 is 0 Å². The van der Waals surface area contributed by atoms with Crippen LogP contribution in [0, 0.1) is 25.2 Å². The van der Waals surface area contributed by atoms with Gasteiger partial charge in [0.15, 0.2) is 6.29 Å². The molecule has 0 radical (unpaired) electrons. The van der Waals surface area contributed by atoms with Gasteiger partial charge in [-0.3, -0.25) is 0 Å². The van der Waals surface area contributed by atoms with Crippen molar-refractivity contribution in [2.24, 2.45) is 0 Å². The van der Waals surface area contributed by atoms with Crippen LogP contribution >= 0.6 is 0 Å². The van der Waals surface area contributed by atoms with Gasteiger partial charge in [0.05, 0.1) is 6.61 Å². The van der Waals surface area contributed by atoms with Gasteiger partial charge in [0.25, 0.3) is 0 Å². The molecule has 1 aromatic carbocycles. The van der Waals surface area contributed by atoms with Crippen molar-refractivity contribution in [3.63, 3.8) is 0 Å². The molecule has 1 atom stereocenters. The fourth-order valence-electron chi connectivity index (χ4n) is 1.42. The quantitative estimate of drug-likeness (QED) is 0.222. The van der Waals surface area contributed by atoms with Crippen molar-refractivity contribution >= 4 is 0 Å². The number of rotatable bonds is 7. The summed E-state index contributed by atoms with van der Waals surface area (Å²) in [4.78, 5) is 0. The summed E-state index contributed by atoms with van der Waals surface area (Å²) in [6.45, 7) is 0.496. The summed E-state index contributed by atoms with van der Waals surface area (Å²) in [5.41, 5.74) is 1.10. The van der Waals surface area contributed by atoms with Gasteiger partial charge in [-0.05, 0) is 5.56 Å². The minimum atomic E-state index is -0.327. The predicted octanol–water partition coefficient (Wildman–Crippen LogP) is -3.62.